The number of carbonyl (C=O) groups is 2. The molecule has 3 rings (SSSR count). The predicted molar refractivity (Wildman–Crippen MR) is 102 cm³/mol. The normalized spacial score (nSPS) is 15.0. The molecule has 130 valence electrons. The van der Waals surface area contributed by atoms with Gasteiger partial charge in [-0.05, 0) is 55.3 Å². The lowest BCUT2D eigenvalue weighted by molar-refractivity contribution is -0.120. The molecular formula is C19H18Cl2N2O2. The third-order valence-electron chi connectivity index (χ3n) is 4.45. The van der Waals surface area contributed by atoms with E-state index in [9.17, 15) is 9.59 Å². The molecule has 4 nitrogen and oxygen atoms in total. The first-order valence-corrected chi connectivity index (χ1v) is 8.88. The van der Waals surface area contributed by atoms with Crippen LogP contribution in [0.1, 0.15) is 23.2 Å². The molecule has 2 aromatic carbocycles. The maximum atomic E-state index is 12.4. The zero-order valence-corrected chi connectivity index (χ0v) is 15.1. The second kappa shape index (κ2) is 7.89. The molecule has 0 bridgehead atoms. The molecule has 1 saturated heterocycles. The van der Waals surface area contributed by atoms with Crippen LogP contribution in [0.5, 0.6) is 0 Å². The first-order valence-electron chi connectivity index (χ1n) is 8.13. The third-order valence-corrected chi connectivity index (χ3v) is 5.19. The van der Waals surface area contributed by atoms with Crippen molar-refractivity contribution >= 4 is 46.8 Å². The average Bonchev–Trinajstić information content (AvgIpc) is 2.65. The summed E-state index contributed by atoms with van der Waals surface area (Å²) in [6, 6.07) is 12.6. The number of nitrogens with zero attached hydrogens (tertiary/aromatic N) is 1. The van der Waals surface area contributed by atoms with Crippen LogP contribution >= 0.6 is 23.2 Å². The van der Waals surface area contributed by atoms with E-state index in [2.05, 4.69) is 10.2 Å². The molecule has 1 N–H and O–H groups in total. The van der Waals surface area contributed by atoms with Crippen molar-refractivity contribution in [3.05, 3.63) is 58.1 Å². The van der Waals surface area contributed by atoms with Gasteiger partial charge in [0.25, 0.3) is 0 Å². The molecule has 25 heavy (non-hydrogen) atoms. The van der Waals surface area contributed by atoms with Crippen molar-refractivity contribution < 1.29 is 9.59 Å². The van der Waals surface area contributed by atoms with Crippen molar-refractivity contribution in [2.45, 2.75) is 12.8 Å². The summed E-state index contributed by atoms with van der Waals surface area (Å²) in [6.45, 7) is 1.61. The quantitative estimate of drug-likeness (QED) is 0.789. The molecule has 0 spiro atoms. The number of nitrogens with one attached hydrogen (secondary N) is 1. The van der Waals surface area contributed by atoms with Gasteiger partial charge in [-0.1, -0.05) is 23.2 Å². The monoisotopic (exact) mass is 376 g/mol. The molecule has 1 amide bonds. The first kappa shape index (κ1) is 17.8. The van der Waals surface area contributed by atoms with E-state index in [0.717, 1.165) is 37.9 Å². The second-order valence-corrected chi connectivity index (χ2v) is 6.90. The molecule has 0 saturated carbocycles. The van der Waals surface area contributed by atoms with E-state index in [0.29, 0.717) is 21.3 Å². The van der Waals surface area contributed by atoms with Gasteiger partial charge in [0.2, 0.25) is 5.91 Å². The van der Waals surface area contributed by atoms with Crippen LogP contribution in [0.2, 0.25) is 10.0 Å². The summed E-state index contributed by atoms with van der Waals surface area (Å²) in [5.74, 6) is -0.0192. The van der Waals surface area contributed by atoms with Crippen LogP contribution in [0.25, 0.3) is 0 Å². The molecule has 0 unspecified atom stereocenters. The highest BCUT2D eigenvalue weighted by Crippen LogP contribution is 2.27. The molecule has 0 aromatic heterocycles. The number of rotatable bonds is 4. The van der Waals surface area contributed by atoms with Gasteiger partial charge in [0, 0.05) is 35.9 Å². The molecular weight excluding hydrogens is 359 g/mol. The Bertz CT molecular complexity index is 769. The van der Waals surface area contributed by atoms with Crippen molar-refractivity contribution in [2.24, 2.45) is 5.92 Å². The van der Waals surface area contributed by atoms with Crippen LogP contribution in [0.15, 0.2) is 42.5 Å². The molecule has 0 aliphatic carbocycles. The molecule has 0 radical (unpaired) electrons. The average molecular weight is 377 g/mol. The summed E-state index contributed by atoms with van der Waals surface area (Å²) in [6.07, 6.45) is 2.40. The van der Waals surface area contributed by atoms with Crippen LogP contribution in [-0.2, 0) is 4.79 Å². The van der Waals surface area contributed by atoms with Crippen molar-refractivity contribution in [2.75, 3.05) is 23.3 Å². The number of aldehydes is 1. The van der Waals surface area contributed by atoms with Crippen molar-refractivity contribution in [3.8, 4) is 0 Å². The van der Waals surface area contributed by atoms with E-state index < -0.39 is 0 Å². The lowest BCUT2D eigenvalue weighted by Gasteiger charge is -2.33. The molecule has 1 heterocycles. The molecule has 0 atom stereocenters. The summed E-state index contributed by atoms with van der Waals surface area (Å²) in [5.41, 5.74) is 2.40. The highest BCUT2D eigenvalue weighted by molar-refractivity contribution is 6.42. The standard InChI is InChI=1S/C19H18Cl2N2O2/c20-17-6-3-15(11-18(17)21)22-19(25)14-7-9-23(10-8-14)16-4-1-13(12-24)2-5-16/h1-6,11-12,14H,7-10H2,(H,22,25). The van der Waals surface area contributed by atoms with E-state index in [1.165, 1.54) is 0 Å². The van der Waals surface area contributed by atoms with Crippen LogP contribution in [-0.4, -0.2) is 25.3 Å². The number of hydrogen-bond acceptors (Lipinski definition) is 3. The fourth-order valence-corrected chi connectivity index (χ4v) is 3.28. The fourth-order valence-electron chi connectivity index (χ4n) is 2.98. The lowest BCUT2D eigenvalue weighted by Crippen LogP contribution is -2.38. The van der Waals surface area contributed by atoms with Crippen molar-refractivity contribution in [1.82, 2.24) is 0 Å². The van der Waals surface area contributed by atoms with Crippen LogP contribution in [0.4, 0.5) is 11.4 Å². The summed E-state index contributed by atoms with van der Waals surface area (Å²) >= 11 is 11.9. The summed E-state index contributed by atoms with van der Waals surface area (Å²) in [4.78, 5) is 25.4. The first-order chi connectivity index (χ1) is 12.1. The Labute approximate surface area is 156 Å². The minimum absolute atomic E-state index is 0.00865. The van der Waals surface area contributed by atoms with Gasteiger partial charge in [-0.25, -0.2) is 0 Å². The number of hydrogen-bond donors (Lipinski definition) is 1. The topological polar surface area (TPSA) is 49.4 Å². The van der Waals surface area contributed by atoms with Gasteiger partial charge in [-0.15, -0.1) is 0 Å². The number of piperidine rings is 1. The molecule has 1 fully saturated rings. The third kappa shape index (κ3) is 4.33. The predicted octanol–water partition coefficient (Wildman–Crippen LogP) is 4.66. The van der Waals surface area contributed by atoms with Crippen molar-refractivity contribution in [1.29, 1.82) is 0 Å². The Morgan fingerprint density at radius 2 is 1.72 bits per heavy atom. The van der Waals surface area contributed by atoms with E-state index in [4.69, 9.17) is 23.2 Å². The summed E-state index contributed by atoms with van der Waals surface area (Å²) in [7, 11) is 0. The van der Waals surface area contributed by atoms with Gasteiger partial charge < -0.3 is 10.2 Å². The molecule has 6 heteroatoms. The Balaban J connectivity index is 1.56. The fraction of sp³-hybridized carbons (Fsp3) is 0.263. The largest absolute Gasteiger partial charge is 0.371 e. The maximum Gasteiger partial charge on any atom is 0.227 e. The SMILES string of the molecule is O=Cc1ccc(N2CCC(C(=O)Nc3ccc(Cl)c(Cl)c3)CC2)cc1. The van der Waals surface area contributed by atoms with Gasteiger partial charge in [0.05, 0.1) is 10.0 Å². The molecule has 1 aliphatic rings. The number of halogens is 2. The van der Waals surface area contributed by atoms with Gasteiger partial charge >= 0.3 is 0 Å². The highest BCUT2D eigenvalue weighted by atomic mass is 35.5. The Hall–Kier alpha value is -2.04. The number of amides is 1. The van der Waals surface area contributed by atoms with Crippen LogP contribution in [0.3, 0.4) is 0 Å². The minimum Gasteiger partial charge on any atom is -0.371 e. The second-order valence-electron chi connectivity index (χ2n) is 6.09. The van der Waals surface area contributed by atoms with Gasteiger partial charge in [0.1, 0.15) is 6.29 Å². The Morgan fingerprint density at radius 3 is 2.32 bits per heavy atom. The van der Waals surface area contributed by atoms with Crippen molar-refractivity contribution in [3.63, 3.8) is 0 Å². The van der Waals surface area contributed by atoms with E-state index in [1.54, 1.807) is 18.2 Å². The van der Waals surface area contributed by atoms with Gasteiger partial charge in [0.15, 0.2) is 0 Å². The summed E-state index contributed by atoms with van der Waals surface area (Å²) < 4.78 is 0. The van der Waals surface area contributed by atoms with Crippen LogP contribution < -0.4 is 10.2 Å². The minimum atomic E-state index is -0.0278. The van der Waals surface area contributed by atoms with E-state index >= 15 is 0 Å². The van der Waals surface area contributed by atoms with E-state index in [1.807, 2.05) is 24.3 Å². The Kier molecular flexibility index (Phi) is 5.61. The van der Waals surface area contributed by atoms with Gasteiger partial charge in [-0.2, -0.15) is 0 Å². The van der Waals surface area contributed by atoms with E-state index in [-0.39, 0.29) is 11.8 Å². The number of benzene rings is 2. The zero-order valence-electron chi connectivity index (χ0n) is 13.5. The number of anilines is 2. The smallest absolute Gasteiger partial charge is 0.227 e. The zero-order chi connectivity index (χ0) is 17.8. The Morgan fingerprint density at radius 1 is 1.04 bits per heavy atom. The van der Waals surface area contributed by atoms with Gasteiger partial charge in [-0.3, -0.25) is 9.59 Å². The van der Waals surface area contributed by atoms with Crippen LogP contribution in [0, 0.1) is 5.92 Å². The lowest BCUT2D eigenvalue weighted by atomic mass is 9.95. The maximum absolute atomic E-state index is 12.4. The summed E-state index contributed by atoms with van der Waals surface area (Å²) in [5, 5.41) is 3.80. The number of carbonyl (C=O) groups excluding carboxylic acids is 2. The molecule has 1 aliphatic heterocycles. The molecule has 2 aromatic rings. The highest BCUT2D eigenvalue weighted by Gasteiger charge is 2.25.